The van der Waals surface area contributed by atoms with E-state index >= 15 is 0 Å². The van der Waals surface area contributed by atoms with Crippen molar-refractivity contribution in [2.24, 2.45) is 0 Å². The molecule has 0 aromatic heterocycles. The SMILES string of the molecule is CC(C)=O.CC(C)=O.[Sn+2]. The van der Waals surface area contributed by atoms with Crippen LogP contribution in [0.3, 0.4) is 0 Å². The van der Waals surface area contributed by atoms with Crippen molar-refractivity contribution in [1.82, 2.24) is 0 Å². The third-order valence-corrected chi connectivity index (χ3v) is 0. The summed E-state index contributed by atoms with van der Waals surface area (Å²) in [4.78, 5) is 18.9. The molecule has 0 aromatic rings. The minimum absolute atomic E-state index is 0. The van der Waals surface area contributed by atoms with E-state index in [4.69, 9.17) is 0 Å². The zero-order valence-corrected chi connectivity index (χ0v) is 9.17. The zero-order chi connectivity index (χ0) is 7.15. The van der Waals surface area contributed by atoms with Crippen LogP contribution in [0.25, 0.3) is 0 Å². The van der Waals surface area contributed by atoms with E-state index in [2.05, 4.69) is 0 Å². The number of Topliss-reactive ketones (excluding diaryl/α,β-unsaturated/α-hetero) is 2. The van der Waals surface area contributed by atoms with Crippen LogP contribution in [0, 0.1) is 0 Å². The molecule has 2 radical (unpaired) electrons. The Morgan fingerprint density at radius 3 is 0.778 bits per heavy atom. The van der Waals surface area contributed by atoms with Crippen molar-refractivity contribution in [3.05, 3.63) is 0 Å². The van der Waals surface area contributed by atoms with Crippen LogP contribution >= 0.6 is 0 Å². The van der Waals surface area contributed by atoms with Gasteiger partial charge in [-0.15, -0.1) is 0 Å². The van der Waals surface area contributed by atoms with Crippen molar-refractivity contribution >= 4 is 35.5 Å². The fourth-order valence-electron chi connectivity index (χ4n) is 0. The van der Waals surface area contributed by atoms with E-state index in [1.807, 2.05) is 0 Å². The first kappa shape index (κ1) is 16.1. The molecule has 50 valence electrons. The first-order valence-electron chi connectivity index (χ1n) is 2.41. The third-order valence-electron chi connectivity index (χ3n) is 0. The van der Waals surface area contributed by atoms with E-state index in [1.165, 1.54) is 27.7 Å². The van der Waals surface area contributed by atoms with Gasteiger partial charge in [-0.25, -0.2) is 0 Å². The summed E-state index contributed by atoms with van der Waals surface area (Å²) >= 11 is 0. The summed E-state index contributed by atoms with van der Waals surface area (Å²) in [5.74, 6) is 0.333. The molecule has 0 N–H and O–H groups in total. The van der Waals surface area contributed by atoms with Crippen LogP contribution in [-0.4, -0.2) is 35.5 Å². The van der Waals surface area contributed by atoms with Gasteiger partial charge in [-0.05, 0) is 27.7 Å². The summed E-state index contributed by atoms with van der Waals surface area (Å²) in [6.07, 6.45) is 0. The molecule has 0 bridgehead atoms. The topological polar surface area (TPSA) is 34.1 Å². The number of carbonyl (C=O) groups excluding carboxylic acids is 2. The van der Waals surface area contributed by atoms with Crippen LogP contribution < -0.4 is 0 Å². The van der Waals surface area contributed by atoms with Gasteiger partial charge >= 0.3 is 23.9 Å². The summed E-state index contributed by atoms with van der Waals surface area (Å²) in [6.45, 7) is 6.11. The molecule has 0 saturated carbocycles. The van der Waals surface area contributed by atoms with Crippen molar-refractivity contribution in [2.75, 3.05) is 0 Å². The molecule has 0 amide bonds. The minimum atomic E-state index is 0. The van der Waals surface area contributed by atoms with Gasteiger partial charge in [0.15, 0.2) is 0 Å². The Bertz CT molecular complexity index is 69.1. The fourth-order valence-corrected chi connectivity index (χ4v) is 0. The zero-order valence-electron chi connectivity index (χ0n) is 6.32. The van der Waals surface area contributed by atoms with E-state index in [0.29, 0.717) is 0 Å². The number of carbonyl (C=O) groups is 2. The molecule has 0 fully saturated rings. The predicted octanol–water partition coefficient (Wildman–Crippen LogP) is 0.810. The summed E-state index contributed by atoms with van der Waals surface area (Å²) in [5.41, 5.74) is 0. The smallest absolute Gasteiger partial charge is 0.300 e. The predicted molar refractivity (Wildman–Crippen MR) is 38.5 cm³/mol. The average Bonchev–Trinajstić information content (AvgIpc) is 1.25. The molecule has 0 spiro atoms. The molecule has 0 heterocycles. The van der Waals surface area contributed by atoms with Crippen LogP contribution in [0.4, 0.5) is 0 Å². The second kappa shape index (κ2) is 11.0. The number of rotatable bonds is 0. The van der Waals surface area contributed by atoms with E-state index < -0.39 is 0 Å². The molecule has 3 heteroatoms. The molecule has 9 heavy (non-hydrogen) atoms. The molecule has 2 nitrogen and oxygen atoms in total. The van der Waals surface area contributed by atoms with E-state index in [9.17, 15) is 9.59 Å². The third kappa shape index (κ3) is 15900. The van der Waals surface area contributed by atoms with E-state index in [-0.39, 0.29) is 35.5 Å². The van der Waals surface area contributed by atoms with Gasteiger partial charge in [0.05, 0.1) is 0 Å². The van der Waals surface area contributed by atoms with Gasteiger partial charge < -0.3 is 9.59 Å². The molecular weight excluding hydrogens is 223 g/mol. The normalized spacial score (nSPS) is 5.78. The van der Waals surface area contributed by atoms with Crippen LogP contribution in [0.1, 0.15) is 27.7 Å². The number of hydrogen-bond donors (Lipinski definition) is 0. The second-order valence-corrected chi connectivity index (χ2v) is 1.82. The average molecular weight is 235 g/mol. The van der Waals surface area contributed by atoms with Crippen LogP contribution in [0.15, 0.2) is 0 Å². The monoisotopic (exact) mass is 236 g/mol. The van der Waals surface area contributed by atoms with Gasteiger partial charge in [-0.1, -0.05) is 0 Å². The Balaban J connectivity index is -0.0000000720. The Kier molecular flexibility index (Phi) is 19.6. The van der Waals surface area contributed by atoms with Crippen LogP contribution in [0.2, 0.25) is 0 Å². The molecule has 0 aliphatic carbocycles. The summed E-state index contributed by atoms with van der Waals surface area (Å²) in [5, 5.41) is 0. The Hall–Kier alpha value is 0.139. The van der Waals surface area contributed by atoms with E-state index in [1.54, 1.807) is 0 Å². The molecule has 0 aliphatic rings. The van der Waals surface area contributed by atoms with Gasteiger partial charge in [0.25, 0.3) is 0 Å². The van der Waals surface area contributed by atoms with Gasteiger partial charge in [0.1, 0.15) is 11.6 Å². The van der Waals surface area contributed by atoms with Crippen molar-refractivity contribution in [2.45, 2.75) is 27.7 Å². The van der Waals surface area contributed by atoms with Gasteiger partial charge in [0, 0.05) is 0 Å². The number of hydrogen-bond acceptors (Lipinski definition) is 2. The Morgan fingerprint density at radius 1 is 0.778 bits per heavy atom. The first-order valence-corrected chi connectivity index (χ1v) is 2.41. The van der Waals surface area contributed by atoms with Crippen molar-refractivity contribution in [3.63, 3.8) is 0 Å². The number of ketones is 2. The van der Waals surface area contributed by atoms with Gasteiger partial charge in [-0.3, -0.25) is 0 Å². The standard InChI is InChI=1S/2C3H6O.Sn/c2*1-3(2)4;/h2*1-2H3;/q;;+2. The van der Waals surface area contributed by atoms with Crippen molar-refractivity contribution < 1.29 is 9.59 Å². The summed E-state index contributed by atoms with van der Waals surface area (Å²) < 4.78 is 0. The maximum atomic E-state index is 9.44. The minimum Gasteiger partial charge on any atom is -0.300 e. The Morgan fingerprint density at radius 2 is 0.778 bits per heavy atom. The first-order chi connectivity index (χ1) is 3.46. The second-order valence-electron chi connectivity index (χ2n) is 1.82. The molecule has 0 atom stereocenters. The van der Waals surface area contributed by atoms with Crippen molar-refractivity contribution in [1.29, 1.82) is 0 Å². The maximum absolute atomic E-state index is 9.44. The maximum Gasteiger partial charge on any atom is 2.00 e. The fraction of sp³-hybridized carbons (Fsp3) is 0.667. The quantitative estimate of drug-likeness (QED) is 0.582. The summed E-state index contributed by atoms with van der Waals surface area (Å²) in [7, 11) is 0. The molecular formula is C6H12O2Sn+2. The Labute approximate surface area is 73.0 Å². The molecule has 0 rings (SSSR count). The van der Waals surface area contributed by atoms with Crippen molar-refractivity contribution in [3.8, 4) is 0 Å². The van der Waals surface area contributed by atoms with Crippen LogP contribution in [0.5, 0.6) is 0 Å². The van der Waals surface area contributed by atoms with E-state index in [0.717, 1.165) is 0 Å². The molecule has 0 unspecified atom stereocenters. The molecule has 0 aromatic carbocycles. The molecule has 0 saturated heterocycles. The van der Waals surface area contributed by atoms with Gasteiger partial charge in [-0.2, -0.15) is 0 Å². The largest absolute Gasteiger partial charge is 2.00 e. The van der Waals surface area contributed by atoms with Gasteiger partial charge in [0.2, 0.25) is 0 Å². The van der Waals surface area contributed by atoms with Crippen LogP contribution in [-0.2, 0) is 9.59 Å². The summed E-state index contributed by atoms with van der Waals surface area (Å²) in [6, 6.07) is 0. The molecule has 0 aliphatic heterocycles.